The van der Waals surface area contributed by atoms with Crippen molar-refractivity contribution in [1.29, 1.82) is 0 Å². The molecule has 0 rings (SSSR count). The fraction of sp³-hybridized carbons (Fsp3) is 1.00. The Morgan fingerprint density at radius 3 is 1.16 bits per heavy atom. The second-order valence-electron chi connectivity index (χ2n) is 10.1. The number of quaternary nitrogens is 1. The summed E-state index contributed by atoms with van der Waals surface area (Å²) in [6, 6.07) is 0.900. The Hall–Kier alpha value is 0.537. The molecule has 0 aromatic rings. The van der Waals surface area contributed by atoms with E-state index in [4.69, 9.17) is 13.3 Å². The van der Waals surface area contributed by atoms with Crippen molar-refractivity contribution < 1.29 is 17.8 Å². The molecule has 0 heterocycles. The molecule has 0 radical (unpaired) electrons. The number of hydrogen-bond donors (Lipinski definition) is 0. The molecule has 0 aromatic heterocycles. The molecule has 0 aliphatic rings. The molecule has 0 saturated carbocycles. The molecule has 0 N–H and O–H groups in total. The Balaban J connectivity index is 0. The topological polar surface area (TPSA) is 27.7 Å². The SMILES string of the molecule is Br.CCCCCCCCCCCCCCCCCC[N+](C)(C)CCC[Si](OC)(OC)OC. The van der Waals surface area contributed by atoms with Crippen LogP contribution in [0.4, 0.5) is 0 Å². The van der Waals surface area contributed by atoms with E-state index < -0.39 is 8.80 Å². The van der Waals surface area contributed by atoms with Gasteiger partial charge in [0, 0.05) is 33.8 Å². The van der Waals surface area contributed by atoms with E-state index >= 15 is 0 Å². The highest BCUT2D eigenvalue weighted by Crippen LogP contribution is 2.17. The van der Waals surface area contributed by atoms with E-state index in [-0.39, 0.29) is 17.0 Å². The van der Waals surface area contributed by atoms with Crippen LogP contribution in [0.1, 0.15) is 116 Å². The van der Waals surface area contributed by atoms with Crippen LogP contribution in [0, 0.1) is 0 Å². The van der Waals surface area contributed by atoms with Crippen molar-refractivity contribution in [2.45, 2.75) is 122 Å². The van der Waals surface area contributed by atoms with Gasteiger partial charge in [0.1, 0.15) is 0 Å². The van der Waals surface area contributed by atoms with Gasteiger partial charge in [-0.05, 0) is 12.8 Å². The minimum Gasteiger partial charge on any atom is -0.377 e. The zero-order chi connectivity index (χ0) is 23.3. The maximum absolute atomic E-state index is 5.53. The maximum atomic E-state index is 5.53. The van der Waals surface area contributed by atoms with Crippen LogP contribution in [0.15, 0.2) is 0 Å². The fourth-order valence-corrected chi connectivity index (χ4v) is 6.18. The predicted molar refractivity (Wildman–Crippen MR) is 148 cm³/mol. The summed E-state index contributed by atoms with van der Waals surface area (Å²) in [4.78, 5) is 0. The number of unbranched alkanes of at least 4 members (excludes halogenated alkanes) is 15. The van der Waals surface area contributed by atoms with E-state index in [1.807, 2.05) is 0 Å². The van der Waals surface area contributed by atoms with Crippen molar-refractivity contribution in [3.05, 3.63) is 0 Å². The molecule has 4 nitrogen and oxygen atoms in total. The van der Waals surface area contributed by atoms with E-state index in [1.54, 1.807) is 21.3 Å². The number of nitrogens with zero attached hydrogens (tertiary/aromatic N) is 1. The first-order chi connectivity index (χ1) is 14.9. The summed E-state index contributed by atoms with van der Waals surface area (Å²) in [6.45, 7) is 4.72. The minimum absolute atomic E-state index is 0. The molecule has 0 amide bonds. The third-order valence-corrected chi connectivity index (χ3v) is 9.63. The van der Waals surface area contributed by atoms with E-state index in [1.165, 1.54) is 109 Å². The second kappa shape index (κ2) is 23.3. The Morgan fingerprint density at radius 2 is 0.812 bits per heavy atom. The first kappa shape index (κ1) is 34.7. The van der Waals surface area contributed by atoms with Crippen LogP contribution >= 0.6 is 17.0 Å². The number of rotatable bonds is 24. The van der Waals surface area contributed by atoms with Gasteiger partial charge in [-0.2, -0.15) is 0 Å². The molecule has 0 aliphatic carbocycles. The number of hydrogen-bond acceptors (Lipinski definition) is 3. The van der Waals surface area contributed by atoms with Gasteiger partial charge in [0.15, 0.2) is 0 Å². The minimum atomic E-state index is -2.40. The lowest BCUT2D eigenvalue weighted by molar-refractivity contribution is -0.890. The Labute approximate surface area is 213 Å². The molecule has 0 atom stereocenters. The van der Waals surface area contributed by atoms with E-state index in [0.29, 0.717) is 0 Å². The van der Waals surface area contributed by atoms with E-state index in [9.17, 15) is 0 Å². The second-order valence-corrected chi connectivity index (χ2v) is 13.2. The van der Waals surface area contributed by atoms with Crippen molar-refractivity contribution in [2.24, 2.45) is 0 Å². The standard InChI is InChI=1S/C26H58NO3Si.BrH/c1-7-8-9-10-11-12-13-14-15-16-17-18-19-20-21-22-24-27(2,3)25-23-26-31(28-4,29-5)30-6;/h7-26H2,1-6H3;1H/q+1;. The first-order valence-electron chi connectivity index (χ1n) is 13.4. The summed E-state index contributed by atoms with van der Waals surface area (Å²) in [5.41, 5.74) is 0. The monoisotopic (exact) mass is 540 g/mol. The van der Waals surface area contributed by atoms with Crippen LogP contribution in [-0.2, 0) is 13.3 Å². The molecular formula is C26H59BrNO3Si+. The van der Waals surface area contributed by atoms with Crippen LogP contribution in [0.2, 0.25) is 6.04 Å². The van der Waals surface area contributed by atoms with E-state index in [0.717, 1.165) is 23.5 Å². The molecule has 0 fully saturated rings. The van der Waals surface area contributed by atoms with Crippen LogP contribution in [-0.4, -0.2) is 61.8 Å². The van der Waals surface area contributed by atoms with Crippen molar-refractivity contribution >= 4 is 25.8 Å². The van der Waals surface area contributed by atoms with Gasteiger partial charge in [-0.25, -0.2) is 0 Å². The average molecular weight is 542 g/mol. The fourth-order valence-electron chi connectivity index (χ4n) is 4.48. The summed E-state index contributed by atoms with van der Waals surface area (Å²) in [5, 5.41) is 0. The molecule has 0 spiro atoms. The highest BCUT2D eigenvalue weighted by Gasteiger charge is 2.37. The predicted octanol–water partition coefficient (Wildman–Crippen LogP) is 8.17. The lowest BCUT2D eigenvalue weighted by atomic mass is 10.0. The third kappa shape index (κ3) is 20.0. The highest BCUT2D eigenvalue weighted by molar-refractivity contribution is 8.93. The molecule has 0 aromatic carbocycles. The molecule has 32 heavy (non-hydrogen) atoms. The summed E-state index contributed by atoms with van der Waals surface area (Å²) in [5.74, 6) is 0. The van der Waals surface area contributed by atoms with Crippen molar-refractivity contribution in [3.8, 4) is 0 Å². The Morgan fingerprint density at radius 1 is 0.500 bits per heavy atom. The molecule has 0 saturated heterocycles. The zero-order valence-corrected chi connectivity index (χ0v) is 25.4. The van der Waals surface area contributed by atoms with Crippen LogP contribution in [0.3, 0.4) is 0 Å². The van der Waals surface area contributed by atoms with Gasteiger partial charge in [0.25, 0.3) is 0 Å². The third-order valence-electron chi connectivity index (χ3n) is 6.80. The molecular weight excluding hydrogens is 482 g/mol. The molecule has 0 bridgehead atoms. The summed E-state index contributed by atoms with van der Waals surface area (Å²) in [7, 11) is 7.40. The molecule has 196 valence electrons. The largest absolute Gasteiger partial charge is 0.500 e. The molecule has 0 unspecified atom stereocenters. The Kier molecular flexibility index (Phi) is 25.3. The zero-order valence-electron chi connectivity index (χ0n) is 22.7. The van der Waals surface area contributed by atoms with Crippen molar-refractivity contribution in [1.82, 2.24) is 0 Å². The lowest BCUT2D eigenvalue weighted by Crippen LogP contribution is -2.45. The number of halogens is 1. The van der Waals surface area contributed by atoms with Crippen LogP contribution < -0.4 is 0 Å². The van der Waals surface area contributed by atoms with Crippen LogP contribution in [0.25, 0.3) is 0 Å². The normalized spacial score (nSPS) is 12.2. The average Bonchev–Trinajstić information content (AvgIpc) is 2.76. The van der Waals surface area contributed by atoms with Crippen LogP contribution in [0.5, 0.6) is 0 Å². The van der Waals surface area contributed by atoms with Gasteiger partial charge in [0.2, 0.25) is 0 Å². The van der Waals surface area contributed by atoms with Gasteiger partial charge in [0.05, 0.1) is 27.2 Å². The first-order valence-corrected chi connectivity index (χ1v) is 15.4. The highest BCUT2D eigenvalue weighted by atomic mass is 79.9. The van der Waals surface area contributed by atoms with Gasteiger partial charge in [-0.3, -0.25) is 0 Å². The smallest absolute Gasteiger partial charge is 0.377 e. The Bertz CT molecular complexity index is 374. The summed E-state index contributed by atoms with van der Waals surface area (Å²) >= 11 is 0. The summed E-state index contributed by atoms with van der Waals surface area (Å²) in [6.07, 6.45) is 24.0. The van der Waals surface area contributed by atoms with Crippen molar-refractivity contribution in [2.75, 3.05) is 48.5 Å². The van der Waals surface area contributed by atoms with E-state index in [2.05, 4.69) is 21.0 Å². The molecule has 0 aliphatic heterocycles. The molecule has 6 heteroatoms. The van der Waals surface area contributed by atoms with Gasteiger partial charge < -0.3 is 17.8 Å². The maximum Gasteiger partial charge on any atom is 0.500 e. The van der Waals surface area contributed by atoms with Crippen molar-refractivity contribution in [3.63, 3.8) is 0 Å². The quantitative estimate of drug-likeness (QED) is 0.0701. The van der Waals surface area contributed by atoms with Gasteiger partial charge in [-0.15, -0.1) is 17.0 Å². The van der Waals surface area contributed by atoms with Gasteiger partial charge >= 0.3 is 8.80 Å². The lowest BCUT2D eigenvalue weighted by Gasteiger charge is -2.31. The van der Waals surface area contributed by atoms with Gasteiger partial charge in [-0.1, -0.05) is 96.8 Å². The summed E-state index contributed by atoms with van der Waals surface area (Å²) < 4.78 is 17.7.